The average molecular weight is 322 g/mol. The van der Waals surface area contributed by atoms with Crippen LogP contribution in [0.4, 0.5) is 0 Å². The van der Waals surface area contributed by atoms with Crippen molar-refractivity contribution in [2.75, 3.05) is 6.61 Å². The zero-order valence-electron chi connectivity index (χ0n) is 12.3. The molecule has 0 bridgehead atoms. The van der Waals surface area contributed by atoms with Crippen LogP contribution in [0.5, 0.6) is 0 Å². The van der Waals surface area contributed by atoms with E-state index in [9.17, 15) is 13.2 Å². The molecule has 118 valence electrons. The summed E-state index contributed by atoms with van der Waals surface area (Å²) in [5, 5.41) is 8.76. The van der Waals surface area contributed by atoms with Gasteiger partial charge in [0.15, 0.2) is 0 Å². The van der Waals surface area contributed by atoms with Crippen LogP contribution in [-0.2, 0) is 19.6 Å². The summed E-state index contributed by atoms with van der Waals surface area (Å²) < 4.78 is 32.6. The number of nitrogens with one attached hydrogen (secondary N) is 1. The third kappa shape index (κ3) is 3.29. The molecule has 2 rings (SSSR count). The first-order chi connectivity index (χ1) is 10.4. The van der Waals surface area contributed by atoms with Crippen molar-refractivity contribution in [1.82, 2.24) is 4.72 Å². The molecule has 7 heteroatoms. The maximum absolute atomic E-state index is 12.5. The van der Waals surface area contributed by atoms with E-state index in [2.05, 4.69) is 4.72 Å². The lowest BCUT2D eigenvalue weighted by Crippen LogP contribution is -2.53. The SMILES string of the molecule is CCOC(=O)C1(NS(=O)(=O)c2ccc(C#N)cc2)CCCC1. The van der Waals surface area contributed by atoms with Crippen LogP contribution in [0.25, 0.3) is 0 Å². The Bertz CT molecular complexity index is 683. The number of carbonyl (C=O) groups is 1. The van der Waals surface area contributed by atoms with Crippen molar-refractivity contribution in [2.45, 2.75) is 43.0 Å². The van der Waals surface area contributed by atoms with Crippen molar-refractivity contribution in [3.8, 4) is 6.07 Å². The fourth-order valence-corrected chi connectivity index (χ4v) is 4.03. The first-order valence-electron chi connectivity index (χ1n) is 7.15. The molecule has 1 aromatic rings. The minimum atomic E-state index is -3.85. The van der Waals surface area contributed by atoms with Gasteiger partial charge in [-0.25, -0.2) is 8.42 Å². The maximum atomic E-state index is 12.5. The van der Waals surface area contributed by atoms with Gasteiger partial charge in [0.25, 0.3) is 0 Å². The third-order valence-corrected chi connectivity index (χ3v) is 5.30. The van der Waals surface area contributed by atoms with E-state index in [1.807, 2.05) is 6.07 Å². The molecule has 1 fully saturated rings. The lowest BCUT2D eigenvalue weighted by Gasteiger charge is -2.27. The fourth-order valence-electron chi connectivity index (χ4n) is 2.62. The molecule has 6 nitrogen and oxygen atoms in total. The van der Waals surface area contributed by atoms with Crippen molar-refractivity contribution >= 4 is 16.0 Å². The first kappa shape index (κ1) is 16.5. The average Bonchev–Trinajstić information content (AvgIpc) is 2.96. The number of carbonyl (C=O) groups excluding carboxylic acids is 1. The topological polar surface area (TPSA) is 96.3 Å². The molecule has 22 heavy (non-hydrogen) atoms. The molecule has 1 aliphatic carbocycles. The number of hydrogen-bond donors (Lipinski definition) is 1. The minimum Gasteiger partial charge on any atom is -0.465 e. The number of hydrogen-bond acceptors (Lipinski definition) is 5. The predicted octanol–water partition coefficient (Wildman–Crippen LogP) is 1.71. The number of esters is 1. The molecule has 0 atom stereocenters. The van der Waals surface area contributed by atoms with Crippen LogP contribution >= 0.6 is 0 Å². The van der Waals surface area contributed by atoms with E-state index in [1.54, 1.807) is 6.92 Å². The molecular formula is C15H18N2O4S. The molecule has 0 heterocycles. The number of sulfonamides is 1. The molecule has 0 aliphatic heterocycles. The molecule has 0 saturated heterocycles. The Morgan fingerprint density at radius 3 is 2.41 bits per heavy atom. The number of nitrogens with zero attached hydrogens (tertiary/aromatic N) is 1. The Hall–Kier alpha value is -1.91. The smallest absolute Gasteiger partial charge is 0.327 e. The highest BCUT2D eigenvalue weighted by molar-refractivity contribution is 7.89. The van der Waals surface area contributed by atoms with Gasteiger partial charge in [-0.1, -0.05) is 12.8 Å². The van der Waals surface area contributed by atoms with E-state index < -0.39 is 21.5 Å². The van der Waals surface area contributed by atoms with Gasteiger partial charge in [-0.3, -0.25) is 4.79 Å². The standard InChI is InChI=1S/C15H18N2O4S/c1-2-21-14(18)15(9-3-4-10-15)17-22(19,20)13-7-5-12(11-16)6-8-13/h5-8,17H,2-4,9-10H2,1H3. The van der Waals surface area contributed by atoms with E-state index in [-0.39, 0.29) is 11.5 Å². The first-order valence-corrected chi connectivity index (χ1v) is 8.63. The van der Waals surface area contributed by atoms with Crippen molar-refractivity contribution in [3.63, 3.8) is 0 Å². The molecule has 0 amide bonds. The van der Waals surface area contributed by atoms with Gasteiger partial charge in [-0.05, 0) is 44.0 Å². The summed E-state index contributed by atoms with van der Waals surface area (Å²) in [5.74, 6) is -0.523. The number of ether oxygens (including phenoxy) is 1. The van der Waals surface area contributed by atoms with E-state index >= 15 is 0 Å². The van der Waals surface area contributed by atoms with E-state index in [0.717, 1.165) is 12.8 Å². The highest BCUT2D eigenvalue weighted by atomic mass is 32.2. The summed E-state index contributed by atoms with van der Waals surface area (Å²) in [6.07, 6.45) is 2.41. The van der Waals surface area contributed by atoms with Crippen LogP contribution in [0.3, 0.4) is 0 Å². The number of rotatable bonds is 5. The third-order valence-electron chi connectivity index (χ3n) is 3.75. The molecule has 0 spiro atoms. The molecule has 0 radical (unpaired) electrons. The zero-order chi connectivity index (χ0) is 16.2. The van der Waals surface area contributed by atoms with Crippen LogP contribution in [0.1, 0.15) is 38.2 Å². The second-order valence-electron chi connectivity index (χ2n) is 5.25. The monoisotopic (exact) mass is 322 g/mol. The number of benzene rings is 1. The highest BCUT2D eigenvalue weighted by Gasteiger charge is 2.45. The van der Waals surface area contributed by atoms with Gasteiger partial charge >= 0.3 is 5.97 Å². The molecule has 1 aliphatic rings. The van der Waals surface area contributed by atoms with Crippen LogP contribution in [0, 0.1) is 11.3 Å². The quantitative estimate of drug-likeness (QED) is 0.833. The van der Waals surface area contributed by atoms with Gasteiger partial charge in [0.1, 0.15) is 5.54 Å². The van der Waals surface area contributed by atoms with Gasteiger partial charge < -0.3 is 4.74 Å². The largest absolute Gasteiger partial charge is 0.465 e. The molecule has 0 unspecified atom stereocenters. The summed E-state index contributed by atoms with van der Waals surface area (Å²) in [5.41, 5.74) is -0.803. The van der Waals surface area contributed by atoms with Crippen molar-refractivity contribution < 1.29 is 17.9 Å². The van der Waals surface area contributed by atoms with Crippen LogP contribution in [0.2, 0.25) is 0 Å². The van der Waals surface area contributed by atoms with Crippen LogP contribution in [0.15, 0.2) is 29.2 Å². The van der Waals surface area contributed by atoms with Gasteiger partial charge in [0.2, 0.25) is 10.0 Å². The Kier molecular flexibility index (Phi) is 4.84. The highest BCUT2D eigenvalue weighted by Crippen LogP contribution is 2.32. The Morgan fingerprint density at radius 2 is 1.91 bits per heavy atom. The predicted molar refractivity (Wildman–Crippen MR) is 79.3 cm³/mol. The fraction of sp³-hybridized carbons (Fsp3) is 0.467. The van der Waals surface area contributed by atoms with Gasteiger partial charge in [0, 0.05) is 0 Å². The molecule has 1 saturated carbocycles. The van der Waals surface area contributed by atoms with E-state index in [1.165, 1.54) is 24.3 Å². The van der Waals surface area contributed by atoms with Crippen molar-refractivity contribution in [1.29, 1.82) is 5.26 Å². The van der Waals surface area contributed by atoms with Crippen LogP contribution in [-0.4, -0.2) is 26.5 Å². The summed E-state index contributed by atoms with van der Waals surface area (Å²) in [4.78, 5) is 12.2. The molecule has 1 aromatic carbocycles. The van der Waals surface area contributed by atoms with Crippen molar-refractivity contribution in [3.05, 3.63) is 29.8 Å². The Labute approximate surface area is 130 Å². The lowest BCUT2D eigenvalue weighted by atomic mass is 10.00. The molecule has 0 aromatic heterocycles. The summed E-state index contributed by atoms with van der Waals surface area (Å²) in [7, 11) is -3.85. The van der Waals surface area contributed by atoms with Crippen LogP contribution < -0.4 is 4.72 Å². The van der Waals surface area contributed by atoms with E-state index in [4.69, 9.17) is 10.00 Å². The lowest BCUT2D eigenvalue weighted by molar-refractivity contribution is -0.150. The molecule has 1 N–H and O–H groups in total. The minimum absolute atomic E-state index is 0.0297. The summed E-state index contributed by atoms with van der Waals surface area (Å²) >= 11 is 0. The van der Waals surface area contributed by atoms with Gasteiger partial charge in [-0.2, -0.15) is 9.98 Å². The van der Waals surface area contributed by atoms with Crippen molar-refractivity contribution in [2.24, 2.45) is 0 Å². The van der Waals surface area contributed by atoms with Gasteiger partial charge in [0.05, 0.1) is 23.1 Å². The Morgan fingerprint density at radius 1 is 1.32 bits per heavy atom. The normalized spacial score (nSPS) is 16.9. The number of nitriles is 1. The summed E-state index contributed by atoms with van der Waals surface area (Å²) in [6, 6.07) is 7.51. The second kappa shape index (κ2) is 6.46. The van der Waals surface area contributed by atoms with Gasteiger partial charge in [-0.15, -0.1) is 0 Å². The zero-order valence-corrected chi connectivity index (χ0v) is 13.1. The van der Waals surface area contributed by atoms with E-state index in [0.29, 0.717) is 18.4 Å². The maximum Gasteiger partial charge on any atom is 0.327 e. The summed E-state index contributed by atoms with van der Waals surface area (Å²) in [6.45, 7) is 1.90. The Balaban J connectivity index is 2.28. The molecular weight excluding hydrogens is 304 g/mol. The second-order valence-corrected chi connectivity index (χ2v) is 6.93.